The van der Waals surface area contributed by atoms with Gasteiger partial charge in [-0.2, -0.15) is 4.31 Å². The molecule has 0 saturated carbocycles. The van der Waals surface area contributed by atoms with Crippen LogP contribution in [0.5, 0.6) is 0 Å². The van der Waals surface area contributed by atoms with Crippen LogP contribution in [0.4, 0.5) is 9.80 Å². The van der Waals surface area contributed by atoms with Crippen LogP contribution in [-0.2, 0) is 37.2 Å². The molecule has 0 aliphatic carbocycles. The molecule has 2 aromatic rings. The van der Waals surface area contributed by atoms with Crippen LogP contribution in [0.2, 0.25) is 0 Å². The number of sulfonamides is 1. The molecule has 0 spiro atoms. The highest BCUT2D eigenvalue weighted by atomic mass is 32.2. The van der Waals surface area contributed by atoms with E-state index in [-0.39, 0.29) is 54.8 Å². The van der Waals surface area contributed by atoms with E-state index in [0.717, 1.165) is 10.4 Å². The summed E-state index contributed by atoms with van der Waals surface area (Å²) in [7, 11) is -3.76. The number of ether oxygens (including phenoxy) is 3. The van der Waals surface area contributed by atoms with Crippen LogP contribution in [0, 0.1) is 0 Å². The fraction of sp³-hybridized carbons (Fsp3) is 0.536. The lowest BCUT2D eigenvalue weighted by Gasteiger charge is -2.34. The minimum Gasteiger partial charge on any atom is -0.450 e. The number of thiophene rings is 1. The van der Waals surface area contributed by atoms with Crippen LogP contribution >= 0.6 is 11.3 Å². The first-order valence-electron chi connectivity index (χ1n) is 14.1. The Morgan fingerprint density at radius 3 is 2.33 bits per heavy atom. The standard InChI is InChI=1S/C28H36N4O8S2/c1-4-39-28(35)31-10-9-22-23(17-31)41-26(24(22)27(34)30-11-13-38-14-12-30)29-25(33)20-5-7-21(8-6-20)42(36,37)32-15-18(2)40-19(3)16-32/h5-8,18-19H,4,9-17H2,1-3H3,(H,29,33). The molecule has 2 saturated heterocycles. The number of amides is 3. The van der Waals surface area contributed by atoms with Gasteiger partial charge in [-0.15, -0.1) is 11.3 Å². The second-order valence-corrected chi connectivity index (χ2v) is 13.6. The Bertz CT molecular complexity index is 1430. The summed E-state index contributed by atoms with van der Waals surface area (Å²) >= 11 is 1.27. The number of hydrogen-bond donors (Lipinski definition) is 1. The summed E-state index contributed by atoms with van der Waals surface area (Å²) < 4.78 is 44.1. The first-order chi connectivity index (χ1) is 20.1. The zero-order chi connectivity index (χ0) is 30.0. The van der Waals surface area contributed by atoms with Crippen molar-refractivity contribution in [2.45, 2.75) is 50.8 Å². The lowest BCUT2D eigenvalue weighted by molar-refractivity contribution is -0.0440. The number of rotatable bonds is 6. The first-order valence-corrected chi connectivity index (χ1v) is 16.3. The molecule has 228 valence electrons. The van der Waals surface area contributed by atoms with Crippen molar-refractivity contribution in [1.82, 2.24) is 14.1 Å². The lowest BCUT2D eigenvalue weighted by atomic mass is 10.0. The number of hydrogen-bond acceptors (Lipinski definition) is 9. The summed E-state index contributed by atoms with van der Waals surface area (Å²) in [6.45, 7) is 8.64. The number of benzene rings is 1. The van der Waals surface area contributed by atoms with E-state index in [2.05, 4.69) is 5.32 Å². The number of anilines is 1. The summed E-state index contributed by atoms with van der Waals surface area (Å²) in [6.07, 6.45) is -0.399. The number of carbonyl (C=O) groups excluding carboxylic acids is 3. The highest BCUT2D eigenvalue weighted by Gasteiger charge is 2.34. The van der Waals surface area contributed by atoms with Gasteiger partial charge in [0.2, 0.25) is 10.0 Å². The average Bonchev–Trinajstić information content (AvgIpc) is 3.33. The number of nitrogens with one attached hydrogen (secondary N) is 1. The van der Waals surface area contributed by atoms with E-state index >= 15 is 0 Å². The van der Waals surface area contributed by atoms with Gasteiger partial charge >= 0.3 is 6.09 Å². The fourth-order valence-electron chi connectivity index (χ4n) is 5.44. The molecule has 3 aliphatic heterocycles. The molecule has 1 aromatic heterocycles. The van der Waals surface area contributed by atoms with E-state index in [1.54, 1.807) is 16.7 Å². The Hall–Kier alpha value is -3.04. The Labute approximate surface area is 249 Å². The Morgan fingerprint density at radius 2 is 1.69 bits per heavy atom. The Balaban J connectivity index is 1.38. The van der Waals surface area contributed by atoms with Gasteiger partial charge in [0.15, 0.2) is 0 Å². The molecule has 5 rings (SSSR count). The molecule has 1 aromatic carbocycles. The molecule has 1 N–H and O–H groups in total. The van der Waals surface area contributed by atoms with E-state index < -0.39 is 22.0 Å². The van der Waals surface area contributed by atoms with Gasteiger partial charge in [-0.05, 0) is 57.0 Å². The SMILES string of the molecule is CCOC(=O)N1CCc2c(sc(NC(=O)c3ccc(S(=O)(=O)N4CC(C)OC(C)C4)cc3)c2C(=O)N2CCOCC2)C1. The van der Waals surface area contributed by atoms with Crippen molar-refractivity contribution < 1.29 is 37.0 Å². The summed E-state index contributed by atoms with van der Waals surface area (Å²) in [5.41, 5.74) is 1.51. The molecule has 3 aliphatic rings. The maximum absolute atomic E-state index is 13.7. The van der Waals surface area contributed by atoms with Crippen molar-refractivity contribution in [3.63, 3.8) is 0 Å². The fourth-order valence-corrected chi connectivity index (χ4v) is 8.28. The molecular formula is C28H36N4O8S2. The topological polar surface area (TPSA) is 135 Å². The summed E-state index contributed by atoms with van der Waals surface area (Å²) in [6, 6.07) is 5.78. The minimum atomic E-state index is -3.76. The molecule has 2 atom stereocenters. The van der Waals surface area contributed by atoms with E-state index in [4.69, 9.17) is 14.2 Å². The van der Waals surface area contributed by atoms with Crippen molar-refractivity contribution in [3.05, 3.63) is 45.8 Å². The van der Waals surface area contributed by atoms with Crippen LogP contribution in [0.15, 0.2) is 29.2 Å². The third-order valence-corrected chi connectivity index (χ3v) is 10.4. The smallest absolute Gasteiger partial charge is 0.410 e. The second kappa shape index (κ2) is 12.7. The van der Waals surface area contributed by atoms with Crippen LogP contribution in [-0.4, -0.2) is 105 Å². The molecule has 14 heteroatoms. The number of carbonyl (C=O) groups is 3. The van der Waals surface area contributed by atoms with Gasteiger partial charge in [-0.1, -0.05) is 0 Å². The zero-order valence-electron chi connectivity index (χ0n) is 24.0. The zero-order valence-corrected chi connectivity index (χ0v) is 25.6. The molecule has 0 bridgehead atoms. The maximum Gasteiger partial charge on any atom is 0.410 e. The largest absolute Gasteiger partial charge is 0.450 e. The van der Waals surface area contributed by atoms with Crippen molar-refractivity contribution in [2.75, 3.05) is 57.9 Å². The number of nitrogens with zero attached hydrogens (tertiary/aromatic N) is 3. The van der Waals surface area contributed by atoms with Gasteiger partial charge in [0, 0.05) is 43.2 Å². The maximum atomic E-state index is 13.7. The van der Waals surface area contributed by atoms with Gasteiger partial charge in [-0.3, -0.25) is 9.59 Å². The molecular weight excluding hydrogens is 584 g/mol. The second-order valence-electron chi connectivity index (χ2n) is 10.5. The highest BCUT2D eigenvalue weighted by molar-refractivity contribution is 7.89. The summed E-state index contributed by atoms with van der Waals surface area (Å²) in [5.74, 6) is -0.657. The van der Waals surface area contributed by atoms with Crippen molar-refractivity contribution >= 4 is 44.3 Å². The minimum absolute atomic E-state index is 0.0918. The molecule has 3 amide bonds. The molecule has 42 heavy (non-hydrogen) atoms. The van der Waals surface area contributed by atoms with Crippen molar-refractivity contribution in [1.29, 1.82) is 0 Å². The van der Waals surface area contributed by atoms with Crippen molar-refractivity contribution in [3.8, 4) is 0 Å². The number of fused-ring (bicyclic) bond motifs is 1. The molecule has 12 nitrogen and oxygen atoms in total. The highest BCUT2D eigenvalue weighted by Crippen LogP contribution is 2.38. The molecule has 4 heterocycles. The van der Waals surface area contributed by atoms with Crippen LogP contribution in [0.25, 0.3) is 0 Å². The predicted octanol–water partition coefficient (Wildman–Crippen LogP) is 2.79. The third-order valence-electron chi connectivity index (χ3n) is 7.46. The summed E-state index contributed by atoms with van der Waals surface area (Å²) in [5, 5.41) is 3.30. The van der Waals surface area contributed by atoms with Gasteiger partial charge in [0.05, 0.1) is 49.0 Å². The molecule has 2 unspecified atom stereocenters. The van der Waals surface area contributed by atoms with Gasteiger partial charge < -0.3 is 29.3 Å². The van der Waals surface area contributed by atoms with Gasteiger partial charge in [-0.25, -0.2) is 13.2 Å². The third kappa shape index (κ3) is 6.32. The van der Waals surface area contributed by atoms with E-state index in [1.165, 1.54) is 39.9 Å². The van der Waals surface area contributed by atoms with E-state index in [9.17, 15) is 22.8 Å². The lowest BCUT2D eigenvalue weighted by Crippen LogP contribution is -2.48. The Morgan fingerprint density at radius 1 is 1.02 bits per heavy atom. The van der Waals surface area contributed by atoms with Crippen LogP contribution in [0.1, 0.15) is 51.9 Å². The number of morpholine rings is 2. The quantitative estimate of drug-likeness (QED) is 0.521. The monoisotopic (exact) mass is 620 g/mol. The van der Waals surface area contributed by atoms with Gasteiger partial charge in [0.1, 0.15) is 5.00 Å². The van der Waals surface area contributed by atoms with Crippen molar-refractivity contribution in [2.24, 2.45) is 0 Å². The molecule has 0 radical (unpaired) electrons. The predicted molar refractivity (Wildman–Crippen MR) is 155 cm³/mol. The van der Waals surface area contributed by atoms with Crippen LogP contribution in [0.3, 0.4) is 0 Å². The molecule has 2 fully saturated rings. The van der Waals surface area contributed by atoms with Crippen LogP contribution < -0.4 is 5.32 Å². The Kier molecular flexibility index (Phi) is 9.18. The summed E-state index contributed by atoms with van der Waals surface area (Å²) in [4.78, 5) is 43.6. The normalized spacial score (nSPS) is 21.5. The average molecular weight is 621 g/mol. The van der Waals surface area contributed by atoms with E-state index in [1.807, 2.05) is 13.8 Å². The van der Waals surface area contributed by atoms with E-state index in [0.29, 0.717) is 49.8 Å². The van der Waals surface area contributed by atoms with Gasteiger partial charge in [0.25, 0.3) is 11.8 Å². The first kappa shape index (κ1) is 30.4.